The van der Waals surface area contributed by atoms with Crippen molar-refractivity contribution in [2.75, 3.05) is 6.26 Å². The van der Waals surface area contributed by atoms with Gasteiger partial charge in [-0.05, 0) is 30.0 Å². The molecular formula is C17H15N5S. The number of nitrogens with one attached hydrogen (secondary N) is 1. The summed E-state index contributed by atoms with van der Waals surface area (Å²) in [6.07, 6.45) is 5.61. The largest absolute Gasteiger partial charge is 0.271 e. The van der Waals surface area contributed by atoms with Gasteiger partial charge < -0.3 is 0 Å². The van der Waals surface area contributed by atoms with Crippen LogP contribution in [0.3, 0.4) is 0 Å². The van der Waals surface area contributed by atoms with Crippen molar-refractivity contribution in [3.63, 3.8) is 0 Å². The maximum Gasteiger partial charge on any atom is 0.183 e. The Bertz CT molecular complexity index is 877. The summed E-state index contributed by atoms with van der Waals surface area (Å²) < 4.78 is 1.97. The Hall–Kier alpha value is -2.78. The van der Waals surface area contributed by atoms with Crippen molar-refractivity contribution in [1.29, 1.82) is 5.26 Å². The molecule has 114 valence electrons. The predicted molar refractivity (Wildman–Crippen MR) is 94.6 cm³/mol. The first kappa shape index (κ1) is 15.1. The number of aromatic nitrogens is 2. The molecule has 5 nitrogen and oxygen atoms in total. The summed E-state index contributed by atoms with van der Waals surface area (Å²) in [6, 6.07) is 16.1. The van der Waals surface area contributed by atoms with Gasteiger partial charge in [-0.2, -0.15) is 10.4 Å². The molecule has 0 saturated heterocycles. The van der Waals surface area contributed by atoms with Gasteiger partial charge in [-0.1, -0.05) is 42.1 Å². The highest BCUT2D eigenvalue weighted by atomic mass is 32.2. The zero-order valence-corrected chi connectivity index (χ0v) is 13.4. The molecule has 0 aliphatic heterocycles. The van der Waals surface area contributed by atoms with Gasteiger partial charge in [0.05, 0.1) is 23.9 Å². The van der Waals surface area contributed by atoms with E-state index in [2.05, 4.69) is 27.5 Å². The molecule has 2 aromatic carbocycles. The summed E-state index contributed by atoms with van der Waals surface area (Å²) in [5.41, 5.74) is 3.07. The highest BCUT2D eigenvalue weighted by molar-refractivity contribution is 8.13. The highest BCUT2D eigenvalue weighted by Crippen LogP contribution is 2.22. The van der Waals surface area contributed by atoms with Gasteiger partial charge in [-0.3, -0.25) is 10.00 Å². The van der Waals surface area contributed by atoms with E-state index in [-0.39, 0.29) is 0 Å². The second kappa shape index (κ2) is 6.99. The molecule has 0 aliphatic rings. The summed E-state index contributed by atoms with van der Waals surface area (Å²) >= 11 is 1.40. The zero-order chi connectivity index (χ0) is 16.1. The van der Waals surface area contributed by atoms with E-state index in [1.165, 1.54) is 17.3 Å². The van der Waals surface area contributed by atoms with Crippen molar-refractivity contribution in [1.82, 2.24) is 15.1 Å². The third-order valence-corrected chi connectivity index (χ3v) is 3.97. The lowest BCUT2D eigenvalue weighted by Gasteiger charge is -2.04. The van der Waals surface area contributed by atoms with Crippen LogP contribution in [0, 0.1) is 11.5 Å². The van der Waals surface area contributed by atoms with Crippen molar-refractivity contribution in [3.05, 3.63) is 60.3 Å². The molecule has 0 aliphatic carbocycles. The molecule has 0 saturated carbocycles. The lowest BCUT2D eigenvalue weighted by Crippen LogP contribution is -2.12. The normalized spacial score (nSPS) is 11.4. The quantitative estimate of drug-likeness (QED) is 0.347. The molecule has 0 fully saturated rings. The van der Waals surface area contributed by atoms with Crippen molar-refractivity contribution in [2.45, 2.75) is 6.54 Å². The van der Waals surface area contributed by atoms with Crippen LogP contribution in [0.5, 0.6) is 0 Å². The molecule has 23 heavy (non-hydrogen) atoms. The highest BCUT2D eigenvalue weighted by Gasteiger charge is 2.05. The number of nitriles is 1. The third kappa shape index (κ3) is 3.52. The number of hydrogen-bond acceptors (Lipinski definition) is 4. The van der Waals surface area contributed by atoms with Crippen molar-refractivity contribution in [2.24, 2.45) is 4.99 Å². The average Bonchev–Trinajstić information content (AvgIpc) is 2.97. The van der Waals surface area contributed by atoms with Crippen molar-refractivity contribution < 1.29 is 0 Å². The zero-order valence-electron chi connectivity index (χ0n) is 12.6. The summed E-state index contributed by atoms with van der Waals surface area (Å²) in [5.74, 6) is 0. The molecule has 6 heteroatoms. The van der Waals surface area contributed by atoms with Crippen LogP contribution >= 0.6 is 11.8 Å². The van der Waals surface area contributed by atoms with Gasteiger partial charge in [0.15, 0.2) is 11.4 Å². The van der Waals surface area contributed by atoms with Crippen LogP contribution < -0.4 is 5.32 Å². The monoisotopic (exact) mass is 321 g/mol. The van der Waals surface area contributed by atoms with Gasteiger partial charge in [-0.25, -0.2) is 4.99 Å². The first-order chi connectivity index (χ1) is 11.3. The third-order valence-electron chi connectivity index (χ3n) is 3.39. The lowest BCUT2D eigenvalue weighted by molar-refractivity contribution is 0.712. The fraction of sp³-hybridized carbons (Fsp3) is 0.118. The van der Waals surface area contributed by atoms with Gasteiger partial charge >= 0.3 is 0 Å². The summed E-state index contributed by atoms with van der Waals surface area (Å²) in [5, 5.41) is 17.3. The molecule has 1 aromatic heterocycles. The number of hydrogen-bond donors (Lipinski definition) is 1. The van der Waals surface area contributed by atoms with E-state index < -0.39 is 0 Å². The first-order valence-electron chi connectivity index (χ1n) is 7.07. The SMILES string of the molecule is CSC(=Nc1ccc2c(cnn2Cc2ccccc2)c1)NC#N. The van der Waals surface area contributed by atoms with Crippen LogP contribution in [0.25, 0.3) is 10.9 Å². The van der Waals surface area contributed by atoms with Gasteiger partial charge in [0.2, 0.25) is 0 Å². The van der Waals surface area contributed by atoms with Gasteiger partial charge in [0, 0.05) is 5.39 Å². The maximum absolute atomic E-state index is 8.69. The van der Waals surface area contributed by atoms with E-state index in [1.807, 2.05) is 59.7 Å². The summed E-state index contributed by atoms with van der Waals surface area (Å²) in [7, 11) is 0. The Morgan fingerprint density at radius 3 is 2.87 bits per heavy atom. The van der Waals surface area contributed by atoms with E-state index in [9.17, 15) is 0 Å². The van der Waals surface area contributed by atoms with Gasteiger partial charge in [0.1, 0.15) is 0 Å². The number of benzene rings is 2. The Kier molecular flexibility index (Phi) is 4.60. The standard InChI is InChI=1S/C17H15N5S/c1-23-17(19-12-18)21-15-7-8-16-14(9-15)10-20-22(16)11-13-5-3-2-4-6-13/h2-10H,11H2,1H3,(H,19,21). The van der Waals surface area contributed by atoms with Gasteiger partial charge in [0.25, 0.3) is 0 Å². The number of rotatable bonds is 3. The molecule has 3 aromatic rings. The second-order valence-electron chi connectivity index (χ2n) is 4.89. The lowest BCUT2D eigenvalue weighted by atomic mass is 10.2. The molecule has 0 unspecified atom stereocenters. The van der Waals surface area contributed by atoms with Crippen LogP contribution in [-0.4, -0.2) is 21.2 Å². The molecule has 0 radical (unpaired) electrons. The molecule has 3 rings (SSSR count). The molecule has 1 heterocycles. The molecule has 0 bridgehead atoms. The minimum absolute atomic E-state index is 0.573. The summed E-state index contributed by atoms with van der Waals surface area (Å²) in [4.78, 5) is 4.42. The Morgan fingerprint density at radius 1 is 1.30 bits per heavy atom. The van der Waals surface area contributed by atoms with E-state index in [0.29, 0.717) is 5.17 Å². The number of fused-ring (bicyclic) bond motifs is 1. The summed E-state index contributed by atoms with van der Waals surface area (Å²) in [6.45, 7) is 0.735. The van der Waals surface area contributed by atoms with E-state index >= 15 is 0 Å². The Labute approximate surface area is 138 Å². The topological polar surface area (TPSA) is 66.0 Å². The number of aliphatic imine (C=N–C) groups is 1. The second-order valence-corrected chi connectivity index (χ2v) is 5.68. The van der Waals surface area contributed by atoms with Crippen LogP contribution in [0.2, 0.25) is 0 Å². The fourth-order valence-corrected chi connectivity index (χ4v) is 2.66. The van der Waals surface area contributed by atoms with E-state index in [1.54, 1.807) is 0 Å². The fourth-order valence-electron chi connectivity index (χ4n) is 2.32. The average molecular weight is 321 g/mol. The maximum atomic E-state index is 8.69. The van der Waals surface area contributed by atoms with Crippen LogP contribution in [-0.2, 0) is 6.54 Å². The first-order valence-corrected chi connectivity index (χ1v) is 8.30. The molecule has 0 atom stereocenters. The van der Waals surface area contributed by atoms with Crippen LogP contribution in [0.1, 0.15) is 5.56 Å². The molecular weight excluding hydrogens is 306 g/mol. The molecule has 1 N–H and O–H groups in total. The number of amidine groups is 1. The van der Waals surface area contributed by atoms with Crippen molar-refractivity contribution >= 4 is 33.5 Å². The molecule has 0 spiro atoms. The van der Waals surface area contributed by atoms with Crippen molar-refractivity contribution in [3.8, 4) is 6.19 Å². The van der Waals surface area contributed by atoms with Crippen LogP contribution in [0.15, 0.2) is 59.7 Å². The number of thioether (sulfide) groups is 1. The van der Waals surface area contributed by atoms with E-state index in [4.69, 9.17) is 5.26 Å². The minimum Gasteiger partial charge on any atom is -0.271 e. The minimum atomic E-state index is 0.573. The Morgan fingerprint density at radius 2 is 2.13 bits per heavy atom. The van der Waals surface area contributed by atoms with E-state index in [0.717, 1.165) is 23.1 Å². The molecule has 0 amide bonds. The van der Waals surface area contributed by atoms with Crippen LogP contribution in [0.4, 0.5) is 5.69 Å². The smallest absolute Gasteiger partial charge is 0.183 e. The van der Waals surface area contributed by atoms with Gasteiger partial charge in [-0.15, -0.1) is 0 Å². The number of nitrogens with zero attached hydrogens (tertiary/aromatic N) is 4. The Balaban J connectivity index is 1.90. The predicted octanol–water partition coefficient (Wildman–Crippen LogP) is 3.51.